The van der Waals surface area contributed by atoms with Gasteiger partial charge in [-0.3, -0.25) is 4.79 Å². The Morgan fingerprint density at radius 2 is 2.04 bits per heavy atom. The summed E-state index contributed by atoms with van der Waals surface area (Å²) in [5.41, 5.74) is 5.81. The van der Waals surface area contributed by atoms with Crippen LogP contribution in [0.25, 0.3) is 21.9 Å². The molecule has 28 heavy (non-hydrogen) atoms. The number of thiophene rings is 1. The first-order valence-corrected chi connectivity index (χ1v) is 10.4. The molecule has 5 heteroatoms. The molecular formula is C23H23N3OS. The number of hydrogen-bond acceptors (Lipinski definition) is 4. The van der Waals surface area contributed by atoms with E-state index in [9.17, 15) is 10.1 Å². The predicted molar refractivity (Wildman–Crippen MR) is 116 cm³/mol. The van der Waals surface area contributed by atoms with Crippen molar-refractivity contribution in [1.82, 2.24) is 9.97 Å². The van der Waals surface area contributed by atoms with Crippen molar-refractivity contribution in [2.45, 2.75) is 47.0 Å². The molecule has 0 bridgehead atoms. The zero-order chi connectivity index (χ0) is 20.0. The maximum Gasteiger partial charge on any atom is 0.260 e. The van der Waals surface area contributed by atoms with E-state index in [0.29, 0.717) is 17.3 Å². The molecule has 1 N–H and O–H groups in total. The number of H-pyrrole nitrogens is 1. The highest BCUT2D eigenvalue weighted by molar-refractivity contribution is 7.18. The quantitative estimate of drug-likeness (QED) is 0.620. The smallest absolute Gasteiger partial charge is 0.260 e. The van der Waals surface area contributed by atoms with E-state index in [0.717, 1.165) is 51.7 Å². The molecule has 0 fully saturated rings. The van der Waals surface area contributed by atoms with Gasteiger partial charge in [-0.15, -0.1) is 11.3 Å². The maximum absolute atomic E-state index is 12.8. The monoisotopic (exact) mass is 389 g/mol. The Hall–Kier alpha value is -2.71. The fraction of sp³-hybridized carbons (Fsp3) is 0.348. The van der Waals surface area contributed by atoms with E-state index in [-0.39, 0.29) is 5.56 Å². The van der Waals surface area contributed by atoms with E-state index in [1.165, 1.54) is 10.4 Å². The third kappa shape index (κ3) is 3.18. The fourth-order valence-corrected chi connectivity index (χ4v) is 5.58. The minimum atomic E-state index is -0.134. The first kappa shape index (κ1) is 18.6. The van der Waals surface area contributed by atoms with Crippen LogP contribution in [0, 0.1) is 38.0 Å². The number of nitrogens with one attached hydrogen (secondary N) is 1. The fourth-order valence-electron chi connectivity index (χ4n) is 4.19. The molecule has 0 spiro atoms. The topological polar surface area (TPSA) is 69.5 Å². The van der Waals surface area contributed by atoms with E-state index < -0.39 is 0 Å². The summed E-state index contributed by atoms with van der Waals surface area (Å²) in [7, 11) is 0. The molecule has 4 nitrogen and oxygen atoms in total. The highest BCUT2D eigenvalue weighted by atomic mass is 32.1. The second-order valence-corrected chi connectivity index (χ2v) is 9.01. The van der Waals surface area contributed by atoms with Crippen molar-refractivity contribution in [3.8, 4) is 6.07 Å². The van der Waals surface area contributed by atoms with Crippen molar-refractivity contribution >= 4 is 33.2 Å². The van der Waals surface area contributed by atoms with Crippen LogP contribution in [0.3, 0.4) is 0 Å². The van der Waals surface area contributed by atoms with E-state index in [1.54, 1.807) is 11.3 Å². The molecule has 0 saturated carbocycles. The van der Waals surface area contributed by atoms with Gasteiger partial charge in [0.25, 0.3) is 5.56 Å². The average molecular weight is 390 g/mol. The van der Waals surface area contributed by atoms with Gasteiger partial charge in [0.1, 0.15) is 10.9 Å². The summed E-state index contributed by atoms with van der Waals surface area (Å²) < 4.78 is 0. The third-order valence-electron chi connectivity index (χ3n) is 5.57. The molecule has 1 aliphatic rings. The summed E-state index contributed by atoms with van der Waals surface area (Å²) in [5.74, 6) is 0.993. The van der Waals surface area contributed by atoms with E-state index >= 15 is 0 Å². The zero-order valence-electron chi connectivity index (χ0n) is 16.6. The van der Waals surface area contributed by atoms with Crippen LogP contribution in [0.15, 0.2) is 16.9 Å². The number of nitriles is 1. The lowest BCUT2D eigenvalue weighted by molar-refractivity contribution is 0.509. The summed E-state index contributed by atoms with van der Waals surface area (Å²) in [6.45, 7) is 8.38. The van der Waals surface area contributed by atoms with Crippen LogP contribution in [0.1, 0.15) is 51.9 Å². The van der Waals surface area contributed by atoms with Crippen molar-refractivity contribution in [3.63, 3.8) is 0 Å². The van der Waals surface area contributed by atoms with Gasteiger partial charge in [-0.05, 0) is 74.3 Å². The molecule has 1 atom stereocenters. The second kappa shape index (κ2) is 7.03. The molecule has 0 radical (unpaired) electrons. The van der Waals surface area contributed by atoms with E-state index in [2.05, 4.69) is 42.0 Å². The van der Waals surface area contributed by atoms with Gasteiger partial charge in [0.2, 0.25) is 0 Å². The van der Waals surface area contributed by atoms with Crippen LogP contribution in [-0.2, 0) is 12.8 Å². The molecule has 142 valence electrons. The van der Waals surface area contributed by atoms with Gasteiger partial charge < -0.3 is 4.98 Å². The summed E-state index contributed by atoms with van der Waals surface area (Å²) in [6, 6.07) is 6.43. The molecule has 0 aliphatic heterocycles. The minimum absolute atomic E-state index is 0.134. The van der Waals surface area contributed by atoms with E-state index in [1.807, 2.05) is 19.9 Å². The Morgan fingerprint density at radius 1 is 1.32 bits per heavy atom. The van der Waals surface area contributed by atoms with E-state index in [4.69, 9.17) is 0 Å². The Morgan fingerprint density at radius 3 is 2.71 bits per heavy atom. The summed E-state index contributed by atoms with van der Waals surface area (Å²) in [6.07, 6.45) is 4.89. The number of hydrogen-bond donors (Lipinski definition) is 1. The normalized spacial score (nSPS) is 16.8. The highest BCUT2D eigenvalue weighted by Crippen LogP contribution is 2.36. The first-order chi connectivity index (χ1) is 13.4. The van der Waals surface area contributed by atoms with Crippen molar-refractivity contribution in [1.29, 1.82) is 5.26 Å². The molecular weight excluding hydrogens is 366 g/mol. The first-order valence-electron chi connectivity index (χ1n) is 9.62. The van der Waals surface area contributed by atoms with Crippen LogP contribution >= 0.6 is 11.3 Å². The lowest BCUT2D eigenvalue weighted by atomic mass is 9.89. The number of aryl methyl sites for hydroxylation is 4. The molecule has 1 aromatic carbocycles. The van der Waals surface area contributed by atoms with Gasteiger partial charge >= 0.3 is 0 Å². The summed E-state index contributed by atoms with van der Waals surface area (Å²) in [5, 5.41) is 10.5. The van der Waals surface area contributed by atoms with Crippen LogP contribution in [0.5, 0.6) is 0 Å². The third-order valence-corrected chi connectivity index (χ3v) is 6.72. The van der Waals surface area contributed by atoms with Crippen LogP contribution in [0.2, 0.25) is 0 Å². The number of rotatable bonds is 2. The van der Waals surface area contributed by atoms with Crippen molar-refractivity contribution < 1.29 is 0 Å². The summed E-state index contributed by atoms with van der Waals surface area (Å²) >= 11 is 1.61. The Balaban J connectivity index is 1.86. The second-order valence-electron chi connectivity index (χ2n) is 7.93. The molecule has 2 aromatic heterocycles. The average Bonchev–Trinajstić information content (AvgIpc) is 2.98. The molecule has 4 rings (SSSR count). The zero-order valence-corrected chi connectivity index (χ0v) is 17.5. The number of aromatic amines is 1. The Bertz CT molecular complexity index is 1200. The van der Waals surface area contributed by atoms with Gasteiger partial charge in [0, 0.05) is 4.88 Å². The maximum atomic E-state index is 12.8. The van der Waals surface area contributed by atoms with Crippen LogP contribution in [-0.4, -0.2) is 9.97 Å². The van der Waals surface area contributed by atoms with Gasteiger partial charge in [0.15, 0.2) is 5.82 Å². The SMILES string of the molecule is Cc1cc(C)c(/C=C(\C#N)c2nc3sc4c(c3c(=O)[nH]2)CC[C@H](C)C4)c(C)c1. The van der Waals surface area contributed by atoms with Gasteiger partial charge in [0.05, 0.1) is 11.0 Å². The number of allylic oxidation sites excluding steroid dienone is 1. The number of benzene rings is 1. The van der Waals surface area contributed by atoms with Crippen molar-refractivity contribution in [3.05, 3.63) is 61.0 Å². The summed E-state index contributed by atoms with van der Waals surface area (Å²) in [4.78, 5) is 22.4. The number of aromatic nitrogens is 2. The van der Waals surface area contributed by atoms with Crippen molar-refractivity contribution in [2.24, 2.45) is 5.92 Å². The van der Waals surface area contributed by atoms with Gasteiger partial charge in [-0.2, -0.15) is 5.26 Å². The lowest BCUT2D eigenvalue weighted by Gasteiger charge is -2.17. The van der Waals surface area contributed by atoms with Gasteiger partial charge in [-0.25, -0.2) is 4.98 Å². The lowest BCUT2D eigenvalue weighted by Crippen LogP contribution is -2.14. The highest BCUT2D eigenvalue weighted by Gasteiger charge is 2.23. The molecule has 1 aliphatic carbocycles. The Kier molecular flexibility index (Phi) is 4.68. The number of fused-ring (bicyclic) bond motifs is 3. The minimum Gasteiger partial charge on any atom is -0.305 e. The number of nitrogens with zero attached hydrogens (tertiary/aromatic N) is 2. The van der Waals surface area contributed by atoms with Crippen molar-refractivity contribution in [2.75, 3.05) is 0 Å². The molecule has 3 aromatic rings. The molecule has 0 saturated heterocycles. The molecule has 2 heterocycles. The standard InChI is InChI=1S/C23H23N3OS/c1-12-5-6-17-19(9-12)28-23-20(17)22(27)25-21(26-23)16(11-24)10-18-14(3)7-13(2)8-15(18)4/h7-8,10,12H,5-6,9H2,1-4H3,(H,25,26,27)/b16-10+/t12-/m0/s1. The predicted octanol–water partition coefficient (Wildman–Crippen LogP) is 5.10. The van der Waals surface area contributed by atoms with Gasteiger partial charge in [-0.1, -0.05) is 24.6 Å². The van der Waals surface area contributed by atoms with Crippen LogP contribution < -0.4 is 5.56 Å². The molecule has 0 amide bonds. The van der Waals surface area contributed by atoms with Crippen LogP contribution in [0.4, 0.5) is 0 Å². The Labute approximate surface area is 168 Å². The largest absolute Gasteiger partial charge is 0.305 e. The molecule has 0 unspecified atom stereocenters.